The molecule has 0 saturated carbocycles. The largest absolute Gasteiger partial charge is 0.501 e. The van der Waals surface area contributed by atoms with Crippen molar-refractivity contribution in [2.24, 2.45) is 5.92 Å². The summed E-state index contributed by atoms with van der Waals surface area (Å²) in [4.78, 5) is 22.0. The highest BCUT2D eigenvalue weighted by molar-refractivity contribution is 6.32. The Labute approximate surface area is 130 Å². The van der Waals surface area contributed by atoms with Gasteiger partial charge < -0.3 is 15.1 Å². The zero-order valence-electron chi connectivity index (χ0n) is 11.5. The maximum atomic E-state index is 14.2. The number of amides is 1. The zero-order chi connectivity index (χ0) is 16.4. The van der Waals surface area contributed by atoms with Gasteiger partial charge in [0.15, 0.2) is 0 Å². The van der Waals surface area contributed by atoms with Crippen molar-refractivity contribution in [3.63, 3.8) is 0 Å². The van der Waals surface area contributed by atoms with E-state index in [0.717, 1.165) is 6.07 Å². The fourth-order valence-electron chi connectivity index (χ4n) is 2.69. The molecule has 1 aromatic rings. The molecule has 1 aliphatic heterocycles. The van der Waals surface area contributed by atoms with Gasteiger partial charge in [0.05, 0.1) is 9.95 Å². The average molecular weight is 333 g/mol. The number of carboxylic acid groups (broad SMARTS) is 1. The van der Waals surface area contributed by atoms with E-state index in [2.05, 4.69) is 0 Å². The Hall–Kier alpha value is -2.09. The van der Waals surface area contributed by atoms with Gasteiger partial charge in [-0.15, -0.1) is 0 Å². The van der Waals surface area contributed by atoms with E-state index in [0.29, 0.717) is 19.4 Å². The normalized spacial score (nSPS) is 18.3. The molecule has 1 fully saturated rings. The number of phenolic OH excluding ortho intramolecular Hbond substituents is 1. The van der Waals surface area contributed by atoms with E-state index in [4.69, 9.17) is 16.7 Å². The minimum atomic E-state index is -1.13. The first-order valence-electron chi connectivity index (χ1n) is 6.63. The summed E-state index contributed by atoms with van der Waals surface area (Å²) in [6.07, 6.45) is 0.415. The highest BCUT2D eigenvalue weighted by atomic mass is 35.5. The van der Waals surface area contributed by atoms with E-state index in [-0.39, 0.29) is 29.5 Å². The Morgan fingerprint density at radius 2 is 2.27 bits per heavy atom. The molecule has 1 aliphatic rings. The summed E-state index contributed by atoms with van der Waals surface area (Å²) in [6.45, 7) is 0.659. The lowest BCUT2D eigenvalue weighted by Crippen LogP contribution is -2.39. The first-order valence-corrected chi connectivity index (χ1v) is 7.01. The highest BCUT2D eigenvalue weighted by Gasteiger charge is 2.29. The van der Waals surface area contributed by atoms with Crippen molar-refractivity contribution in [3.8, 4) is 5.75 Å². The molecule has 7 nitrogen and oxygen atoms in total. The Kier molecular flexibility index (Phi) is 4.70. The van der Waals surface area contributed by atoms with Crippen LogP contribution >= 0.6 is 11.6 Å². The van der Waals surface area contributed by atoms with Gasteiger partial charge in [0, 0.05) is 13.1 Å². The molecule has 1 amide bonds. The number of benzene rings is 1. The van der Waals surface area contributed by atoms with Crippen LogP contribution in [0, 0.1) is 21.8 Å². The lowest BCUT2D eigenvalue weighted by molar-refractivity contribution is -0.388. The molecule has 0 radical (unpaired) electrons. The van der Waals surface area contributed by atoms with E-state index in [1.807, 2.05) is 0 Å². The molecule has 2 rings (SSSR count). The number of likely N-dealkylation sites (tertiary alicyclic amines) is 1. The third kappa shape index (κ3) is 3.22. The SMILES string of the molecule is O=C(O)N1CCCC(Cc2cc(Cl)c(O)c([N+](=O)[O-])c2F)C1. The van der Waals surface area contributed by atoms with Crippen molar-refractivity contribution >= 4 is 23.4 Å². The van der Waals surface area contributed by atoms with Crippen LogP contribution < -0.4 is 0 Å². The second kappa shape index (κ2) is 6.35. The highest BCUT2D eigenvalue weighted by Crippen LogP contribution is 2.39. The number of halogens is 2. The van der Waals surface area contributed by atoms with Crippen LogP contribution in [0.25, 0.3) is 0 Å². The number of nitrogens with zero attached hydrogens (tertiary/aromatic N) is 2. The van der Waals surface area contributed by atoms with Crippen molar-refractivity contribution in [2.45, 2.75) is 19.3 Å². The Morgan fingerprint density at radius 3 is 2.86 bits per heavy atom. The second-order valence-electron chi connectivity index (χ2n) is 5.23. The minimum absolute atomic E-state index is 0.00624. The van der Waals surface area contributed by atoms with E-state index in [1.54, 1.807) is 0 Å². The zero-order valence-corrected chi connectivity index (χ0v) is 12.2. The molecule has 22 heavy (non-hydrogen) atoms. The standard InChI is InChI=1S/C13H14ClFN2O5/c14-9-5-8(10(15)11(12(9)18)17(21)22)4-7-2-1-3-16(6-7)13(19)20/h5,7,18H,1-4,6H2,(H,19,20). The first-order chi connectivity index (χ1) is 10.3. The first kappa shape index (κ1) is 16.3. The summed E-state index contributed by atoms with van der Waals surface area (Å²) in [6, 6.07) is 1.15. The van der Waals surface area contributed by atoms with Gasteiger partial charge in [0.25, 0.3) is 0 Å². The fraction of sp³-hybridized carbons (Fsp3) is 0.462. The lowest BCUT2D eigenvalue weighted by atomic mass is 9.91. The Morgan fingerprint density at radius 1 is 1.59 bits per heavy atom. The fourth-order valence-corrected chi connectivity index (χ4v) is 2.91. The lowest BCUT2D eigenvalue weighted by Gasteiger charge is -2.30. The summed E-state index contributed by atoms with van der Waals surface area (Å²) in [5, 5.41) is 29.0. The molecule has 0 aromatic heterocycles. The molecule has 2 N–H and O–H groups in total. The maximum absolute atomic E-state index is 14.2. The summed E-state index contributed by atoms with van der Waals surface area (Å²) in [5.41, 5.74) is -1.04. The van der Waals surface area contributed by atoms with E-state index in [1.165, 1.54) is 4.90 Å². The summed E-state index contributed by atoms with van der Waals surface area (Å²) >= 11 is 5.71. The van der Waals surface area contributed by atoms with Crippen molar-refractivity contribution < 1.29 is 24.3 Å². The maximum Gasteiger partial charge on any atom is 0.407 e. The number of piperidine rings is 1. The van der Waals surface area contributed by atoms with Gasteiger partial charge in [-0.1, -0.05) is 11.6 Å². The van der Waals surface area contributed by atoms with Gasteiger partial charge in [-0.05, 0) is 36.8 Å². The van der Waals surface area contributed by atoms with E-state index >= 15 is 0 Å². The van der Waals surface area contributed by atoms with Gasteiger partial charge in [-0.2, -0.15) is 4.39 Å². The van der Waals surface area contributed by atoms with Gasteiger partial charge in [-0.25, -0.2) is 4.79 Å². The molecule has 9 heteroatoms. The third-order valence-corrected chi connectivity index (χ3v) is 4.01. The Balaban J connectivity index is 2.26. The predicted molar refractivity (Wildman–Crippen MR) is 75.8 cm³/mol. The summed E-state index contributed by atoms with van der Waals surface area (Å²) < 4.78 is 14.2. The summed E-state index contributed by atoms with van der Waals surface area (Å²) in [7, 11) is 0. The number of aromatic hydroxyl groups is 1. The van der Waals surface area contributed by atoms with Crippen molar-refractivity contribution in [1.29, 1.82) is 0 Å². The number of nitro groups is 1. The van der Waals surface area contributed by atoms with Gasteiger partial charge >= 0.3 is 11.8 Å². The molecule has 0 spiro atoms. The smallest absolute Gasteiger partial charge is 0.407 e. The van der Waals surface area contributed by atoms with Crippen molar-refractivity contribution in [1.82, 2.24) is 4.90 Å². The van der Waals surface area contributed by atoms with Gasteiger partial charge in [0.1, 0.15) is 0 Å². The molecule has 120 valence electrons. The monoisotopic (exact) mass is 332 g/mol. The van der Waals surface area contributed by atoms with Crippen LogP contribution in [0.1, 0.15) is 18.4 Å². The van der Waals surface area contributed by atoms with Crippen LogP contribution in [0.3, 0.4) is 0 Å². The van der Waals surface area contributed by atoms with Crippen LogP contribution in [0.5, 0.6) is 5.75 Å². The second-order valence-corrected chi connectivity index (χ2v) is 5.63. The molecular formula is C13H14ClFN2O5. The molecule has 1 heterocycles. The van der Waals surface area contributed by atoms with Crippen LogP contribution in [-0.4, -0.2) is 39.2 Å². The van der Waals surface area contributed by atoms with Crippen LogP contribution in [0.2, 0.25) is 5.02 Å². The average Bonchev–Trinajstić information content (AvgIpc) is 2.45. The van der Waals surface area contributed by atoms with Gasteiger partial charge in [-0.3, -0.25) is 10.1 Å². The predicted octanol–water partition coefficient (Wildman–Crippen LogP) is 3.03. The number of rotatable bonds is 3. The molecule has 1 aromatic carbocycles. The number of hydrogen-bond donors (Lipinski definition) is 2. The van der Waals surface area contributed by atoms with E-state index in [9.17, 15) is 24.4 Å². The number of carbonyl (C=O) groups is 1. The van der Waals surface area contributed by atoms with Crippen molar-refractivity contribution in [2.75, 3.05) is 13.1 Å². The molecule has 0 aliphatic carbocycles. The molecule has 1 atom stereocenters. The number of hydrogen-bond acceptors (Lipinski definition) is 4. The van der Waals surface area contributed by atoms with Crippen LogP contribution in [-0.2, 0) is 6.42 Å². The number of phenols is 1. The number of nitro benzene ring substituents is 1. The van der Waals surface area contributed by atoms with Crippen LogP contribution in [0.15, 0.2) is 6.07 Å². The quantitative estimate of drug-likeness (QED) is 0.654. The van der Waals surface area contributed by atoms with E-state index < -0.39 is 28.3 Å². The molecule has 1 saturated heterocycles. The third-order valence-electron chi connectivity index (χ3n) is 3.72. The molecule has 1 unspecified atom stereocenters. The summed E-state index contributed by atoms with van der Waals surface area (Å²) in [5.74, 6) is -2.18. The molecular weight excluding hydrogens is 319 g/mol. The Bertz CT molecular complexity index is 625. The molecule has 0 bridgehead atoms. The topological polar surface area (TPSA) is 104 Å². The van der Waals surface area contributed by atoms with Gasteiger partial charge in [0.2, 0.25) is 11.6 Å². The van der Waals surface area contributed by atoms with Crippen molar-refractivity contribution in [3.05, 3.63) is 32.6 Å². The van der Waals surface area contributed by atoms with Crippen LogP contribution in [0.4, 0.5) is 14.9 Å². The minimum Gasteiger partial charge on any atom is -0.501 e.